The molecule has 0 saturated carbocycles. The molecule has 62 valence electrons. The lowest BCUT2D eigenvalue weighted by Crippen LogP contribution is -2.34. The standard InChI is InChI=1S/C8H8N2OS/c11-5-9-10-6-12-8-4-2-1-3-7(8)10/h1-5H,6H2,(H,9,11). The van der Waals surface area contributed by atoms with Gasteiger partial charge >= 0.3 is 0 Å². The molecule has 0 fully saturated rings. The molecular weight excluding hydrogens is 172 g/mol. The second kappa shape index (κ2) is 3.06. The molecule has 0 spiro atoms. The SMILES string of the molecule is O=CNN1CSc2ccccc21. The third-order valence-electron chi connectivity index (χ3n) is 1.71. The van der Waals surface area contributed by atoms with Gasteiger partial charge in [-0.2, -0.15) is 0 Å². The Labute approximate surface area is 74.7 Å². The molecule has 0 atom stereocenters. The first-order chi connectivity index (χ1) is 5.92. The minimum Gasteiger partial charge on any atom is -0.277 e. The van der Waals surface area contributed by atoms with Crippen LogP contribution in [0.1, 0.15) is 0 Å². The maximum atomic E-state index is 10.2. The zero-order chi connectivity index (χ0) is 8.39. The monoisotopic (exact) mass is 180 g/mol. The van der Waals surface area contributed by atoms with Crippen LogP contribution < -0.4 is 10.4 Å². The Morgan fingerprint density at radius 3 is 3.17 bits per heavy atom. The molecule has 1 aliphatic heterocycles. The fourth-order valence-corrected chi connectivity index (χ4v) is 2.16. The Hall–Kier alpha value is -1.16. The molecule has 12 heavy (non-hydrogen) atoms. The van der Waals surface area contributed by atoms with E-state index in [0.29, 0.717) is 6.41 Å². The van der Waals surface area contributed by atoms with Gasteiger partial charge in [-0.1, -0.05) is 12.1 Å². The number of nitrogens with one attached hydrogen (secondary N) is 1. The predicted octanol–water partition coefficient (Wildman–Crippen LogP) is 1.22. The molecule has 4 heteroatoms. The lowest BCUT2D eigenvalue weighted by molar-refractivity contribution is -0.109. The highest BCUT2D eigenvalue weighted by Gasteiger charge is 2.17. The number of fused-ring (bicyclic) bond motifs is 1. The van der Waals surface area contributed by atoms with E-state index < -0.39 is 0 Å². The van der Waals surface area contributed by atoms with Gasteiger partial charge in [0.05, 0.1) is 11.6 Å². The van der Waals surface area contributed by atoms with Crippen LogP contribution >= 0.6 is 11.8 Å². The van der Waals surface area contributed by atoms with Crippen molar-refractivity contribution in [3.05, 3.63) is 24.3 Å². The van der Waals surface area contributed by atoms with Gasteiger partial charge in [0.25, 0.3) is 0 Å². The lowest BCUT2D eigenvalue weighted by atomic mass is 10.3. The van der Waals surface area contributed by atoms with Gasteiger partial charge in [-0.3, -0.25) is 15.2 Å². The summed E-state index contributed by atoms with van der Waals surface area (Å²) >= 11 is 1.72. The van der Waals surface area contributed by atoms with Crippen molar-refractivity contribution in [3.63, 3.8) is 0 Å². The van der Waals surface area contributed by atoms with Crippen LogP contribution in [0.15, 0.2) is 29.2 Å². The lowest BCUT2D eigenvalue weighted by Gasteiger charge is -2.15. The van der Waals surface area contributed by atoms with Crippen LogP contribution in [-0.4, -0.2) is 12.3 Å². The summed E-state index contributed by atoms with van der Waals surface area (Å²) in [7, 11) is 0. The van der Waals surface area contributed by atoms with Crippen molar-refractivity contribution in [3.8, 4) is 0 Å². The number of hydrazine groups is 1. The van der Waals surface area contributed by atoms with Crippen LogP contribution in [0.5, 0.6) is 0 Å². The molecule has 1 aromatic rings. The molecule has 0 bridgehead atoms. The largest absolute Gasteiger partial charge is 0.277 e. The van der Waals surface area contributed by atoms with E-state index in [1.807, 2.05) is 29.3 Å². The normalized spacial score (nSPS) is 14.2. The van der Waals surface area contributed by atoms with Crippen molar-refractivity contribution in [2.45, 2.75) is 4.90 Å². The number of thioether (sulfide) groups is 1. The van der Waals surface area contributed by atoms with Crippen molar-refractivity contribution in [2.75, 3.05) is 10.9 Å². The number of rotatable bonds is 2. The van der Waals surface area contributed by atoms with Crippen molar-refractivity contribution in [1.29, 1.82) is 0 Å². The first kappa shape index (κ1) is 7.49. The van der Waals surface area contributed by atoms with Gasteiger partial charge in [0, 0.05) is 4.90 Å². The number of carbonyl (C=O) groups excluding carboxylic acids is 1. The van der Waals surface area contributed by atoms with E-state index in [4.69, 9.17) is 0 Å². The fourth-order valence-electron chi connectivity index (χ4n) is 1.18. The molecule has 1 aromatic carbocycles. The topological polar surface area (TPSA) is 32.3 Å². The average Bonchev–Trinajstić information content (AvgIpc) is 2.50. The van der Waals surface area contributed by atoms with Crippen molar-refractivity contribution in [1.82, 2.24) is 5.43 Å². The molecule has 1 amide bonds. The van der Waals surface area contributed by atoms with Crippen molar-refractivity contribution >= 4 is 23.9 Å². The Morgan fingerprint density at radius 2 is 2.33 bits per heavy atom. The summed E-state index contributed by atoms with van der Waals surface area (Å²) in [6.45, 7) is 0. The van der Waals surface area contributed by atoms with Gasteiger partial charge in [0.15, 0.2) is 0 Å². The van der Waals surface area contributed by atoms with E-state index in [0.717, 1.165) is 11.6 Å². The van der Waals surface area contributed by atoms with Crippen LogP contribution in [-0.2, 0) is 4.79 Å². The Kier molecular flexibility index (Phi) is 1.91. The highest BCUT2D eigenvalue weighted by atomic mass is 32.2. The van der Waals surface area contributed by atoms with Gasteiger partial charge in [0.1, 0.15) is 0 Å². The Morgan fingerprint density at radius 1 is 1.50 bits per heavy atom. The summed E-state index contributed by atoms with van der Waals surface area (Å²) < 4.78 is 0. The van der Waals surface area contributed by atoms with E-state index in [-0.39, 0.29) is 0 Å². The average molecular weight is 180 g/mol. The number of nitrogens with zero attached hydrogens (tertiary/aromatic N) is 1. The maximum Gasteiger partial charge on any atom is 0.225 e. The third-order valence-corrected chi connectivity index (χ3v) is 2.76. The van der Waals surface area contributed by atoms with Crippen LogP contribution in [0.3, 0.4) is 0 Å². The zero-order valence-electron chi connectivity index (χ0n) is 6.36. The van der Waals surface area contributed by atoms with E-state index in [1.165, 1.54) is 4.90 Å². The maximum absolute atomic E-state index is 10.2. The number of hydrogen-bond donors (Lipinski definition) is 1. The molecule has 1 heterocycles. The summed E-state index contributed by atoms with van der Waals surface area (Å²) in [4.78, 5) is 11.4. The van der Waals surface area contributed by atoms with Gasteiger partial charge in [-0.25, -0.2) is 0 Å². The summed E-state index contributed by atoms with van der Waals surface area (Å²) in [6, 6.07) is 8.00. The Balaban J connectivity index is 2.29. The molecule has 2 rings (SSSR count). The van der Waals surface area contributed by atoms with Crippen LogP contribution in [0.4, 0.5) is 5.69 Å². The minimum atomic E-state index is 0.697. The Bertz CT molecular complexity index is 303. The fraction of sp³-hybridized carbons (Fsp3) is 0.125. The summed E-state index contributed by atoms with van der Waals surface area (Å²) in [5.41, 5.74) is 3.71. The van der Waals surface area contributed by atoms with E-state index in [1.54, 1.807) is 11.8 Å². The highest BCUT2D eigenvalue weighted by molar-refractivity contribution is 7.99. The van der Waals surface area contributed by atoms with Crippen LogP contribution in [0.2, 0.25) is 0 Å². The van der Waals surface area contributed by atoms with E-state index in [2.05, 4.69) is 5.43 Å². The molecule has 1 aliphatic rings. The third kappa shape index (κ3) is 1.14. The molecule has 1 N–H and O–H groups in total. The van der Waals surface area contributed by atoms with E-state index in [9.17, 15) is 4.79 Å². The number of carbonyl (C=O) groups is 1. The molecule has 0 radical (unpaired) electrons. The molecule has 0 unspecified atom stereocenters. The second-order valence-electron chi connectivity index (χ2n) is 2.42. The quantitative estimate of drug-likeness (QED) is 0.694. The first-order valence-corrected chi connectivity index (χ1v) is 4.59. The predicted molar refractivity (Wildman–Crippen MR) is 48.8 cm³/mol. The molecule has 0 aromatic heterocycles. The summed E-state index contributed by atoms with van der Waals surface area (Å²) in [5, 5.41) is 1.83. The molecule has 0 saturated heterocycles. The van der Waals surface area contributed by atoms with Crippen LogP contribution in [0, 0.1) is 0 Å². The van der Waals surface area contributed by atoms with Gasteiger partial charge < -0.3 is 0 Å². The number of para-hydroxylation sites is 1. The number of anilines is 1. The smallest absolute Gasteiger partial charge is 0.225 e. The summed E-state index contributed by atoms with van der Waals surface area (Å²) in [5.74, 6) is 0.790. The molecule has 0 aliphatic carbocycles. The zero-order valence-corrected chi connectivity index (χ0v) is 7.17. The molecule has 3 nitrogen and oxygen atoms in total. The van der Waals surface area contributed by atoms with Gasteiger partial charge in [0.2, 0.25) is 6.41 Å². The van der Waals surface area contributed by atoms with Gasteiger partial charge in [-0.15, -0.1) is 11.8 Å². The number of amides is 1. The second-order valence-corrected chi connectivity index (χ2v) is 3.40. The van der Waals surface area contributed by atoms with Crippen LogP contribution in [0.25, 0.3) is 0 Å². The highest BCUT2D eigenvalue weighted by Crippen LogP contribution is 2.36. The number of hydrogen-bond acceptors (Lipinski definition) is 3. The first-order valence-electron chi connectivity index (χ1n) is 3.61. The molecular formula is C8H8N2OS. The number of benzene rings is 1. The van der Waals surface area contributed by atoms with E-state index >= 15 is 0 Å². The van der Waals surface area contributed by atoms with Gasteiger partial charge in [-0.05, 0) is 12.1 Å². The minimum absolute atomic E-state index is 0.697. The van der Waals surface area contributed by atoms with Crippen molar-refractivity contribution < 1.29 is 4.79 Å². The van der Waals surface area contributed by atoms with Crippen molar-refractivity contribution in [2.24, 2.45) is 0 Å². The summed E-state index contributed by atoms with van der Waals surface area (Å²) in [6.07, 6.45) is 0.697.